The molecule has 10 heteroatoms. The van der Waals surface area contributed by atoms with Gasteiger partial charge in [0.2, 0.25) is 0 Å². The van der Waals surface area contributed by atoms with Crippen LogP contribution in [0.2, 0.25) is 15.1 Å². The monoisotopic (exact) mass is 500 g/mol. The molecule has 3 rings (SSSR count). The Morgan fingerprint density at radius 3 is 2.58 bits per heavy atom. The SMILES string of the molecule is CCCC1C=C(C(=O)NS(=O)(=O)c2cc(OC)ccc2Cl)N=C1c1cccc(Cl)c1Cl. The summed E-state index contributed by atoms with van der Waals surface area (Å²) >= 11 is 18.5. The molecular formula is C21H19Cl3N2O4S. The van der Waals surface area contributed by atoms with E-state index in [1.165, 1.54) is 25.3 Å². The third-order valence-electron chi connectivity index (χ3n) is 4.67. The molecule has 0 aliphatic carbocycles. The molecule has 0 fully saturated rings. The van der Waals surface area contributed by atoms with Crippen molar-refractivity contribution in [3.8, 4) is 5.75 Å². The van der Waals surface area contributed by atoms with Gasteiger partial charge < -0.3 is 4.74 Å². The zero-order valence-electron chi connectivity index (χ0n) is 16.7. The molecular weight excluding hydrogens is 483 g/mol. The lowest BCUT2D eigenvalue weighted by molar-refractivity contribution is -0.115. The van der Waals surface area contributed by atoms with Crippen LogP contribution in [0.1, 0.15) is 25.3 Å². The molecule has 1 unspecified atom stereocenters. The molecule has 0 radical (unpaired) electrons. The van der Waals surface area contributed by atoms with E-state index in [9.17, 15) is 13.2 Å². The van der Waals surface area contributed by atoms with Crippen LogP contribution in [0.15, 0.2) is 58.1 Å². The molecule has 6 nitrogen and oxygen atoms in total. The van der Waals surface area contributed by atoms with E-state index in [-0.39, 0.29) is 27.3 Å². The van der Waals surface area contributed by atoms with Gasteiger partial charge in [0.25, 0.3) is 15.9 Å². The van der Waals surface area contributed by atoms with Crippen LogP contribution in [0.25, 0.3) is 0 Å². The van der Waals surface area contributed by atoms with Crippen LogP contribution in [0.3, 0.4) is 0 Å². The number of rotatable bonds is 7. The molecule has 0 bridgehead atoms. The van der Waals surface area contributed by atoms with Crippen LogP contribution < -0.4 is 9.46 Å². The number of hydrogen-bond acceptors (Lipinski definition) is 5. The first-order chi connectivity index (χ1) is 14.7. The average molecular weight is 502 g/mol. The maximum Gasteiger partial charge on any atom is 0.283 e. The Bertz CT molecular complexity index is 1190. The molecule has 0 spiro atoms. The number of ether oxygens (including phenoxy) is 1. The van der Waals surface area contributed by atoms with E-state index >= 15 is 0 Å². The number of benzene rings is 2. The number of hydrogen-bond donors (Lipinski definition) is 1. The van der Waals surface area contributed by atoms with E-state index in [4.69, 9.17) is 39.5 Å². The largest absolute Gasteiger partial charge is 0.497 e. The molecule has 2 aromatic rings. The zero-order valence-corrected chi connectivity index (χ0v) is 19.7. The second-order valence-electron chi connectivity index (χ2n) is 6.78. The van der Waals surface area contributed by atoms with Gasteiger partial charge in [-0.05, 0) is 30.7 Å². The molecule has 2 aromatic carbocycles. The highest BCUT2D eigenvalue weighted by atomic mass is 35.5. The highest BCUT2D eigenvalue weighted by molar-refractivity contribution is 7.90. The normalized spacial score (nSPS) is 16.0. The molecule has 1 aliphatic heterocycles. The fraction of sp³-hybridized carbons (Fsp3) is 0.238. The number of nitrogens with one attached hydrogen (secondary N) is 1. The average Bonchev–Trinajstić information content (AvgIpc) is 3.14. The number of amides is 1. The molecule has 1 amide bonds. The summed E-state index contributed by atoms with van der Waals surface area (Å²) in [5, 5.41) is 0.653. The van der Waals surface area contributed by atoms with Gasteiger partial charge >= 0.3 is 0 Å². The fourth-order valence-electron chi connectivity index (χ4n) is 3.18. The number of carbonyl (C=O) groups is 1. The predicted octanol–water partition coefficient (Wildman–Crippen LogP) is 5.26. The van der Waals surface area contributed by atoms with Gasteiger partial charge in [-0.2, -0.15) is 0 Å². The number of allylic oxidation sites excluding steroid dienone is 1. The fourth-order valence-corrected chi connectivity index (χ4v) is 5.06. The summed E-state index contributed by atoms with van der Waals surface area (Å²) in [5.41, 5.74) is 1.15. The van der Waals surface area contributed by atoms with Gasteiger partial charge in [-0.1, -0.05) is 60.3 Å². The maximum absolute atomic E-state index is 12.8. The summed E-state index contributed by atoms with van der Waals surface area (Å²) in [7, 11) is -2.86. The molecule has 1 heterocycles. The number of halogens is 3. The van der Waals surface area contributed by atoms with Crippen molar-refractivity contribution in [1.29, 1.82) is 0 Å². The molecule has 1 N–H and O–H groups in total. The van der Waals surface area contributed by atoms with Gasteiger partial charge in [0.05, 0.1) is 27.9 Å². The minimum atomic E-state index is -4.26. The minimum Gasteiger partial charge on any atom is -0.497 e. The van der Waals surface area contributed by atoms with Crippen LogP contribution in [-0.2, 0) is 14.8 Å². The second-order valence-corrected chi connectivity index (χ2v) is 9.62. The van der Waals surface area contributed by atoms with Crippen LogP contribution in [0.5, 0.6) is 5.75 Å². The van der Waals surface area contributed by atoms with Crippen molar-refractivity contribution in [2.45, 2.75) is 24.7 Å². The quantitative estimate of drug-likeness (QED) is 0.560. The Morgan fingerprint density at radius 2 is 1.90 bits per heavy atom. The first kappa shape index (κ1) is 23.6. The first-order valence-electron chi connectivity index (χ1n) is 9.33. The number of nitrogens with zero attached hydrogens (tertiary/aromatic N) is 1. The van der Waals surface area contributed by atoms with Gasteiger partial charge in [-0.15, -0.1) is 0 Å². The van der Waals surface area contributed by atoms with Crippen molar-refractivity contribution in [2.75, 3.05) is 7.11 Å². The highest BCUT2D eigenvalue weighted by Gasteiger charge is 2.30. The standard InChI is InChI=1S/C21H19Cl3N2O4S/c1-3-5-12-10-17(25-20(12)14-6-4-7-16(23)19(14)24)21(27)26-31(28,29)18-11-13(30-2)8-9-15(18)22/h4,6-12H,3,5H2,1-2H3,(H,26,27). The maximum atomic E-state index is 12.8. The third kappa shape index (κ3) is 5.06. The van der Waals surface area contributed by atoms with Crippen molar-refractivity contribution in [3.63, 3.8) is 0 Å². The van der Waals surface area contributed by atoms with E-state index in [0.29, 0.717) is 27.7 Å². The van der Waals surface area contributed by atoms with E-state index in [1.54, 1.807) is 24.3 Å². The van der Waals surface area contributed by atoms with Crippen LogP contribution >= 0.6 is 34.8 Å². The Labute approximate surface area is 195 Å². The van der Waals surface area contributed by atoms with Crippen molar-refractivity contribution < 1.29 is 17.9 Å². The minimum absolute atomic E-state index is 0.0212. The van der Waals surface area contributed by atoms with Crippen LogP contribution in [0.4, 0.5) is 0 Å². The van der Waals surface area contributed by atoms with Crippen molar-refractivity contribution in [3.05, 3.63) is 68.8 Å². The topological polar surface area (TPSA) is 84.8 Å². The molecule has 1 atom stereocenters. The van der Waals surface area contributed by atoms with Gasteiger partial charge in [-0.25, -0.2) is 18.1 Å². The van der Waals surface area contributed by atoms with Gasteiger partial charge in [0, 0.05) is 17.5 Å². The van der Waals surface area contributed by atoms with Gasteiger partial charge in [0.1, 0.15) is 16.3 Å². The number of methoxy groups -OCH3 is 1. The van der Waals surface area contributed by atoms with E-state index in [2.05, 4.69) is 4.99 Å². The molecule has 0 aromatic heterocycles. The number of carbonyl (C=O) groups excluding carboxylic acids is 1. The Hall–Kier alpha value is -2.06. The summed E-state index contributed by atoms with van der Waals surface area (Å²) in [6.07, 6.45) is 3.16. The highest BCUT2D eigenvalue weighted by Crippen LogP contribution is 2.33. The first-order valence-corrected chi connectivity index (χ1v) is 11.9. The molecule has 0 saturated carbocycles. The molecule has 0 saturated heterocycles. The van der Waals surface area contributed by atoms with Gasteiger partial charge in [0.15, 0.2) is 0 Å². The zero-order chi connectivity index (χ0) is 22.8. The Kier molecular flexibility index (Phi) is 7.31. The lowest BCUT2D eigenvalue weighted by atomic mass is 9.93. The van der Waals surface area contributed by atoms with Crippen molar-refractivity contribution in [2.24, 2.45) is 10.9 Å². The summed E-state index contributed by atoms with van der Waals surface area (Å²) in [4.78, 5) is 16.9. The lowest BCUT2D eigenvalue weighted by Crippen LogP contribution is -2.31. The number of aliphatic imine (C=N–C) groups is 1. The number of sulfonamides is 1. The van der Waals surface area contributed by atoms with E-state index in [0.717, 1.165) is 6.42 Å². The summed E-state index contributed by atoms with van der Waals surface area (Å²) in [5.74, 6) is -0.783. The summed E-state index contributed by atoms with van der Waals surface area (Å²) in [6, 6.07) is 9.29. The summed E-state index contributed by atoms with van der Waals surface area (Å²) in [6.45, 7) is 2.00. The van der Waals surface area contributed by atoms with Gasteiger partial charge in [-0.3, -0.25) is 4.79 Å². The summed E-state index contributed by atoms with van der Waals surface area (Å²) < 4.78 is 32.6. The van der Waals surface area contributed by atoms with E-state index in [1.807, 2.05) is 11.6 Å². The Balaban J connectivity index is 1.93. The second kappa shape index (κ2) is 9.61. The van der Waals surface area contributed by atoms with E-state index < -0.39 is 15.9 Å². The van der Waals surface area contributed by atoms with Crippen LogP contribution in [0, 0.1) is 5.92 Å². The third-order valence-corrected chi connectivity index (χ3v) is 7.30. The lowest BCUT2D eigenvalue weighted by Gasteiger charge is -2.12. The van der Waals surface area contributed by atoms with Crippen molar-refractivity contribution >= 4 is 56.4 Å². The Morgan fingerprint density at radius 1 is 1.16 bits per heavy atom. The van der Waals surface area contributed by atoms with Crippen LogP contribution in [-0.4, -0.2) is 27.1 Å². The molecule has 1 aliphatic rings. The predicted molar refractivity (Wildman–Crippen MR) is 123 cm³/mol. The smallest absolute Gasteiger partial charge is 0.283 e. The molecule has 164 valence electrons. The van der Waals surface area contributed by atoms with Crippen molar-refractivity contribution in [1.82, 2.24) is 4.72 Å². The molecule has 31 heavy (non-hydrogen) atoms.